The van der Waals surface area contributed by atoms with Crippen LogP contribution in [-0.4, -0.2) is 13.0 Å². The lowest BCUT2D eigenvalue weighted by Crippen LogP contribution is -2.22. The molecule has 0 aliphatic rings. The van der Waals surface area contributed by atoms with Gasteiger partial charge in [-0.25, -0.2) is 8.42 Å². The zero-order chi connectivity index (χ0) is 32.4. The topological polar surface area (TPSA) is 57.2 Å². The van der Waals surface area contributed by atoms with Crippen molar-refractivity contribution in [3.8, 4) is 0 Å². The minimum atomic E-state index is -6.35. The van der Waals surface area contributed by atoms with Gasteiger partial charge in [-0.1, -0.05) is 54.6 Å². The van der Waals surface area contributed by atoms with Gasteiger partial charge in [-0.05, 0) is 50.2 Å². The predicted octanol–water partition coefficient (Wildman–Crippen LogP) is 9.05. The fraction of sp³-hybridized carbons (Fsp3) is 0.172. The number of alkyl halides is 9. The molecular formula is C29H21F9O3S2. The van der Waals surface area contributed by atoms with Gasteiger partial charge in [0.05, 0.1) is 32.5 Å². The van der Waals surface area contributed by atoms with Gasteiger partial charge in [0.1, 0.15) is 10.1 Å². The van der Waals surface area contributed by atoms with E-state index < -0.39 is 62.4 Å². The Morgan fingerprint density at radius 2 is 0.953 bits per heavy atom. The second-order valence-corrected chi connectivity index (χ2v) is 12.3. The van der Waals surface area contributed by atoms with Crippen LogP contribution in [0.1, 0.15) is 27.8 Å². The van der Waals surface area contributed by atoms with Gasteiger partial charge in [-0.3, -0.25) is 0 Å². The van der Waals surface area contributed by atoms with Crippen molar-refractivity contribution in [2.24, 2.45) is 0 Å². The summed E-state index contributed by atoms with van der Waals surface area (Å²) in [5.41, 5.74) is -5.31. The van der Waals surface area contributed by atoms with Crippen LogP contribution in [0.4, 0.5) is 39.5 Å². The summed E-state index contributed by atoms with van der Waals surface area (Å²) >= 11 is 0. The predicted molar refractivity (Wildman–Crippen MR) is 140 cm³/mol. The van der Waals surface area contributed by atoms with Gasteiger partial charge in [0.25, 0.3) is 0 Å². The van der Waals surface area contributed by atoms with Crippen LogP contribution >= 0.6 is 0 Å². The molecule has 0 unspecified atom stereocenters. The average molecular weight is 653 g/mol. The number of aryl methyl sites for hydroxylation is 2. The van der Waals surface area contributed by atoms with E-state index in [1.165, 1.54) is 25.8 Å². The Hall–Kier alpha value is -3.49. The Kier molecular flexibility index (Phi) is 9.98. The van der Waals surface area contributed by atoms with Gasteiger partial charge in [0.15, 0.2) is 14.7 Å². The molecule has 4 aromatic carbocycles. The molecule has 0 spiro atoms. The smallest absolute Gasteiger partial charge is 0.417 e. The monoisotopic (exact) mass is 652 g/mol. The van der Waals surface area contributed by atoms with E-state index in [-0.39, 0.29) is 10.9 Å². The Morgan fingerprint density at radius 1 is 0.581 bits per heavy atom. The van der Waals surface area contributed by atoms with Crippen LogP contribution in [-0.2, 0) is 39.5 Å². The number of hydrogen-bond donors (Lipinski definition) is 0. The fourth-order valence-electron chi connectivity index (χ4n) is 4.09. The van der Waals surface area contributed by atoms with E-state index in [2.05, 4.69) is 92.7 Å². The third-order valence-corrected chi connectivity index (χ3v) is 9.33. The highest BCUT2D eigenvalue weighted by atomic mass is 32.2. The lowest BCUT2D eigenvalue weighted by molar-refractivity contribution is -0.152. The largest absolute Gasteiger partial charge is 0.744 e. The van der Waals surface area contributed by atoms with Crippen LogP contribution in [0.5, 0.6) is 0 Å². The highest BCUT2D eigenvalue weighted by Gasteiger charge is 2.46. The standard InChI is InChI=1S/C20H19S.C9H3F9O3S/c1-16-10-9-11-17(2)20(16)21(18-12-5-3-6-13-18)19-14-7-4-8-15-19;10-7(11,12)3-1-4(8(13,14)15)6(22(19,20)21)5(2-3)9(16,17)18/h3-15H,1-2H3;1-2H,(H,19,20,21)/q+1;/p-1. The fourth-order valence-corrected chi connectivity index (χ4v) is 7.36. The molecule has 14 heteroatoms. The van der Waals surface area contributed by atoms with Crippen molar-refractivity contribution in [3.63, 3.8) is 0 Å². The highest BCUT2D eigenvalue weighted by molar-refractivity contribution is 7.97. The van der Waals surface area contributed by atoms with Gasteiger partial charge >= 0.3 is 18.5 Å². The average Bonchev–Trinajstić information content (AvgIpc) is 2.89. The maximum Gasteiger partial charge on any atom is 0.417 e. The molecule has 0 heterocycles. The molecule has 3 nitrogen and oxygen atoms in total. The summed E-state index contributed by atoms with van der Waals surface area (Å²) < 4.78 is 145. The lowest BCUT2D eigenvalue weighted by Gasteiger charge is -2.22. The molecule has 0 saturated heterocycles. The Labute approximate surface area is 244 Å². The van der Waals surface area contributed by atoms with Gasteiger partial charge in [0.2, 0.25) is 0 Å². The minimum absolute atomic E-state index is 0.0378. The van der Waals surface area contributed by atoms with Crippen molar-refractivity contribution in [1.82, 2.24) is 0 Å². The Bertz CT molecular complexity index is 1570. The molecule has 4 rings (SSSR count). The third-order valence-electron chi connectivity index (χ3n) is 5.85. The molecule has 0 saturated carbocycles. The summed E-state index contributed by atoms with van der Waals surface area (Å²) in [5, 5.41) is 0. The third kappa shape index (κ3) is 8.33. The molecule has 0 atom stereocenters. The van der Waals surface area contributed by atoms with Gasteiger partial charge < -0.3 is 4.55 Å². The molecule has 0 aliphatic carbocycles. The minimum Gasteiger partial charge on any atom is -0.744 e. The number of halogens is 9. The zero-order valence-electron chi connectivity index (χ0n) is 22.1. The van der Waals surface area contributed by atoms with E-state index in [1.807, 2.05) is 0 Å². The maximum absolute atomic E-state index is 12.6. The molecule has 0 fully saturated rings. The number of rotatable bonds is 4. The summed E-state index contributed by atoms with van der Waals surface area (Å²) in [4.78, 5) is 1.41. The normalized spacial score (nSPS) is 12.6. The molecule has 0 aromatic heterocycles. The summed E-state index contributed by atoms with van der Waals surface area (Å²) in [6.45, 7) is 4.43. The van der Waals surface area contributed by atoms with E-state index in [1.54, 1.807) is 0 Å². The zero-order valence-corrected chi connectivity index (χ0v) is 23.7. The summed E-state index contributed by atoms with van der Waals surface area (Å²) in [6, 6.07) is 26.5. The SMILES string of the molecule is Cc1cccc(C)c1[S+](c1ccccc1)c1ccccc1.O=S(=O)([O-])c1c(C(F)(F)F)cc(C(F)(F)F)cc1C(F)(F)F. The molecule has 0 N–H and O–H groups in total. The van der Waals surface area contributed by atoms with E-state index >= 15 is 0 Å². The van der Waals surface area contributed by atoms with Crippen LogP contribution in [0.15, 0.2) is 111 Å². The first-order chi connectivity index (χ1) is 19.7. The number of benzene rings is 4. The molecule has 230 valence electrons. The second-order valence-electron chi connectivity index (χ2n) is 9.00. The van der Waals surface area contributed by atoms with E-state index in [4.69, 9.17) is 0 Å². The van der Waals surface area contributed by atoms with Crippen molar-refractivity contribution in [3.05, 3.63) is 119 Å². The van der Waals surface area contributed by atoms with Crippen molar-refractivity contribution < 1.29 is 52.5 Å². The van der Waals surface area contributed by atoms with E-state index in [9.17, 15) is 52.5 Å². The van der Waals surface area contributed by atoms with Crippen molar-refractivity contribution >= 4 is 21.0 Å². The quantitative estimate of drug-likeness (QED) is 0.126. The van der Waals surface area contributed by atoms with Crippen molar-refractivity contribution in [2.75, 3.05) is 0 Å². The molecule has 0 aliphatic heterocycles. The summed E-state index contributed by atoms with van der Waals surface area (Å²) in [6.07, 6.45) is -17.5. The van der Waals surface area contributed by atoms with Crippen molar-refractivity contribution in [1.29, 1.82) is 0 Å². The molecule has 0 bridgehead atoms. The van der Waals surface area contributed by atoms with Crippen LogP contribution in [0, 0.1) is 13.8 Å². The van der Waals surface area contributed by atoms with Crippen LogP contribution in [0.2, 0.25) is 0 Å². The lowest BCUT2D eigenvalue weighted by atomic mass is 10.0. The van der Waals surface area contributed by atoms with E-state index in [0.717, 1.165) is 0 Å². The van der Waals surface area contributed by atoms with Crippen LogP contribution < -0.4 is 0 Å². The Morgan fingerprint density at radius 3 is 1.26 bits per heavy atom. The van der Waals surface area contributed by atoms with Gasteiger partial charge in [-0.15, -0.1) is 0 Å². The first-order valence-electron chi connectivity index (χ1n) is 12.0. The summed E-state index contributed by atoms with van der Waals surface area (Å²) in [7, 11) is -6.39. The molecular weight excluding hydrogens is 631 g/mol. The second kappa shape index (κ2) is 12.6. The van der Waals surface area contributed by atoms with Gasteiger partial charge in [-0.2, -0.15) is 39.5 Å². The van der Waals surface area contributed by atoms with E-state index in [0.29, 0.717) is 0 Å². The molecule has 0 amide bonds. The molecule has 43 heavy (non-hydrogen) atoms. The maximum atomic E-state index is 12.6. The van der Waals surface area contributed by atoms with Crippen LogP contribution in [0.25, 0.3) is 0 Å². The van der Waals surface area contributed by atoms with Crippen molar-refractivity contribution in [2.45, 2.75) is 52.0 Å². The van der Waals surface area contributed by atoms with Crippen LogP contribution in [0.3, 0.4) is 0 Å². The summed E-state index contributed by atoms with van der Waals surface area (Å²) in [5.74, 6) is 0. The Balaban J connectivity index is 0.000000235. The highest BCUT2D eigenvalue weighted by Crippen LogP contribution is 2.45. The number of hydrogen-bond acceptors (Lipinski definition) is 3. The molecule has 0 radical (unpaired) electrons. The molecule has 4 aromatic rings. The first-order valence-corrected chi connectivity index (χ1v) is 14.6. The van der Waals surface area contributed by atoms with Gasteiger partial charge in [0, 0.05) is 11.1 Å². The first kappa shape index (κ1) is 34.0.